The van der Waals surface area contributed by atoms with Crippen molar-refractivity contribution in [1.29, 1.82) is 0 Å². The highest BCUT2D eigenvalue weighted by Gasteiger charge is 2.31. The standard InChI is InChI=1S/C17H21N5O2/c1-12-3-4-14-13(11-12)15(20-24-14)16(23)21-7-9-22(10-8-21)17-18-5-2-6-19-17/h2,5-6,12H,3-4,7-11H2,1H3/t12-/m1/s1. The first-order valence-electron chi connectivity index (χ1n) is 8.51. The summed E-state index contributed by atoms with van der Waals surface area (Å²) in [4.78, 5) is 25.3. The summed E-state index contributed by atoms with van der Waals surface area (Å²) >= 11 is 0. The van der Waals surface area contributed by atoms with E-state index in [1.54, 1.807) is 18.5 Å². The lowest BCUT2D eigenvalue weighted by atomic mass is 9.88. The summed E-state index contributed by atoms with van der Waals surface area (Å²) in [5.74, 6) is 2.18. The lowest BCUT2D eigenvalue weighted by Gasteiger charge is -2.34. The molecule has 4 rings (SSSR count). The molecule has 0 unspecified atom stereocenters. The summed E-state index contributed by atoms with van der Waals surface area (Å²) in [5, 5.41) is 4.08. The van der Waals surface area contributed by atoms with Crippen LogP contribution in [0.2, 0.25) is 0 Å². The predicted molar refractivity (Wildman–Crippen MR) is 87.8 cm³/mol. The maximum absolute atomic E-state index is 12.8. The van der Waals surface area contributed by atoms with Crippen molar-refractivity contribution in [2.24, 2.45) is 5.92 Å². The number of anilines is 1. The highest BCUT2D eigenvalue weighted by Crippen LogP contribution is 2.28. The molecule has 0 spiro atoms. The summed E-state index contributed by atoms with van der Waals surface area (Å²) in [6.45, 7) is 4.96. The molecule has 1 fully saturated rings. The predicted octanol–water partition coefficient (Wildman–Crippen LogP) is 1.55. The third-order valence-corrected chi connectivity index (χ3v) is 4.89. The van der Waals surface area contributed by atoms with Gasteiger partial charge in [0.25, 0.3) is 5.91 Å². The van der Waals surface area contributed by atoms with E-state index in [4.69, 9.17) is 4.52 Å². The van der Waals surface area contributed by atoms with Gasteiger partial charge in [0.1, 0.15) is 5.76 Å². The number of amides is 1. The van der Waals surface area contributed by atoms with Gasteiger partial charge in [-0.05, 0) is 24.8 Å². The fourth-order valence-corrected chi connectivity index (χ4v) is 3.46. The SMILES string of the molecule is C[C@@H]1CCc2onc(C(=O)N3CCN(c4ncccn4)CC3)c2C1. The molecule has 1 atom stereocenters. The molecule has 0 radical (unpaired) electrons. The van der Waals surface area contributed by atoms with Crippen molar-refractivity contribution in [2.75, 3.05) is 31.1 Å². The number of nitrogens with zero attached hydrogens (tertiary/aromatic N) is 5. The molecule has 0 aromatic carbocycles. The quantitative estimate of drug-likeness (QED) is 0.833. The van der Waals surface area contributed by atoms with Crippen LogP contribution < -0.4 is 4.90 Å². The third kappa shape index (κ3) is 2.74. The van der Waals surface area contributed by atoms with Crippen LogP contribution in [0.1, 0.15) is 35.2 Å². The zero-order valence-corrected chi connectivity index (χ0v) is 13.8. The highest BCUT2D eigenvalue weighted by atomic mass is 16.5. The van der Waals surface area contributed by atoms with Gasteiger partial charge >= 0.3 is 0 Å². The van der Waals surface area contributed by atoms with E-state index in [1.165, 1.54) is 0 Å². The number of carbonyl (C=O) groups excluding carboxylic acids is 1. The van der Waals surface area contributed by atoms with Gasteiger partial charge < -0.3 is 14.3 Å². The number of hydrogen-bond acceptors (Lipinski definition) is 6. The number of fused-ring (bicyclic) bond motifs is 1. The van der Waals surface area contributed by atoms with Crippen molar-refractivity contribution in [2.45, 2.75) is 26.2 Å². The maximum atomic E-state index is 12.8. The van der Waals surface area contributed by atoms with E-state index in [0.29, 0.717) is 24.7 Å². The van der Waals surface area contributed by atoms with Gasteiger partial charge in [-0.25, -0.2) is 9.97 Å². The second-order valence-electron chi connectivity index (χ2n) is 6.61. The van der Waals surface area contributed by atoms with Gasteiger partial charge in [0.15, 0.2) is 5.69 Å². The van der Waals surface area contributed by atoms with Crippen LogP contribution in [0, 0.1) is 5.92 Å². The molecular weight excluding hydrogens is 306 g/mol. The Morgan fingerprint density at radius 2 is 1.96 bits per heavy atom. The van der Waals surface area contributed by atoms with Crippen molar-refractivity contribution in [3.8, 4) is 0 Å². The Morgan fingerprint density at radius 3 is 2.71 bits per heavy atom. The van der Waals surface area contributed by atoms with E-state index in [2.05, 4.69) is 26.9 Å². The lowest BCUT2D eigenvalue weighted by Crippen LogP contribution is -2.49. The van der Waals surface area contributed by atoms with Crippen LogP contribution in [0.25, 0.3) is 0 Å². The first-order valence-corrected chi connectivity index (χ1v) is 8.51. The molecule has 126 valence electrons. The summed E-state index contributed by atoms with van der Waals surface area (Å²) < 4.78 is 5.41. The molecule has 1 aliphatic carbocycles. The minimum absolute atomic E-state index is 0.0114. The molecule has 7 heteroatoms. The van der Waals surface area contributed by atoms with Gasteiger partial charge in [0.2, 0.25) is 5.95 Å². The Morgan fingerprint density at radius 1 is 1.21 bits per heavy atom. The van der Waals surface area contributed by atoms with Crippen molar-refractivity contribution >= 4 is 11.9 Å². The molecule has 2 aromatic heterocycles. The van der Waals surface area contributed by atoms with Gasteiger partial charge in [0, 0.05) is 50.6 Å². The van der Waals surface area contributed by atoms with E-state index >= 15 is 0 Å². The zero-order chi connectivity index (χ0) is 16.5. The minimum Gasteiger partial charge on any atom is -0.360 e. The number of aromatic nitrogens is 3. The van der Waals surface area contributed by atoms with Crippen LogP contribution in [-0.4, -0.2) is 52.1 Å². The van der Waals surface area contributed by atoms with Crippen molar-refractivity contribution in [3.05, 3.63) is 35.5 Å². The number of hydrogen-bond donors (Lipinski definition) is 0. The van der Waals surface area contributed by atoms with Gasteiger partial charge in [-0.15, -0.1) is 0 Å². The number of aryl methyl sites for hydroxylation is 1. The lowest BCUT2D eigenvalue weighted by molar-refractivity contribution is 0.0734. The number of rotatable bonds is 2. The van der Waals surface area contributed by atoms with E-state index in [-0.39, 0.29) is 5.91 Å². The third-order valence-electron chi connectivity index (χ3n) is 4.89. The van der Waals surface area contributed by atoms with Crippen LogP contribution in [0.3, 0.4) is 0 Å². The fourth-order valence-electron chi connectivity index (χ4n) is 3.46. The van der Waals surface area contributed by atoms with Crippen LogP contribution >= 0.6 is 0 Å². The fraction of sp³-hybridized carbons (Fsp3) is 0.529. The van der Waals surface area contributed by atoms with Crippen LogP contribution in [0.4, 0.5) is 5.95 Å². The van der Waals surface area contributed by atoms with Gasteiger partial charge in [-0.1, -0.05) is 12.1 Å². The molecule has 2 aliphatic rings. The largest absolute Gasteiger partial charge is 0.360 e. The zero-order valence-electron chi connectivity index (χ0n) is 13.8. The average Bonchev–Trinajstić information content (AvgIpc) is 3.05. The second kappa shape index (κ2) is 6.22. The molecule has 24 heavy (non-hydrogen) atoms. The Kier molecular flexibility index (Phi) is 3.92. The number of carbonyl (C=O) groups is 1. The Labute approximate surface area is 140 Å². The van der Waals surface area contributed by atoms with Gasteiger partial charge in [-0.2, -0.15) is 0 Å². The minimum atomic E-state index is -0.0114. The summed E-state index contributed by atoms with van der Waals surface area (Å²) in [5.41, 5.74) is 1.54. The summed E-state index contributed by atoms with van der Waals surface area (Å²) in [7, 11) is 0. The second-order valence-corrected chi connectivity index (χ2v) is 6.61. The maximum Gasteiger partial charge on any atom is 0.276 e. The molecular formula is C17H21N5O2. The smallest absolute Gasteiger partial charge is 0.276 e. The normalized spacial score (nSPS) is 20.8. The molecule has 1 saturated heterocycles. The average molecular weight is 327 g/mol. The van der Waals surface area contributed by atoms with Crippen LogP contribution in [-0.2, 0) is 12.8 Å². The van der Waals surface area contributed by atoms with Gasteiger partial charge in [0.05, 0.1) is 0 Å². The Hall–Kier alpha value is -2.44. The molecule has 0 saturated carbocycles. The van der Waals surface area contributed by atoms with Crippen molar-refractivity contribution in [1.82, 2.24) is 20.0 Å². The van der Waals surface area contributed by atoms with Crippen molar-refractivity contribution < 1.29 is 9.32 Å². The van der Waals surface area contributed by atoms with E-state index < -0.39 is 0 Å². The molecule has 1 aliphatic heterocycles. The summed E-state index contributed by atoms with van der Waals surface area (Å²) in [6.07, 6.45) is 6.35. The molecule has 0 N–H and O–H groups in total. The molecule has 1 amide bonds. The van der Waals surface area contributed by atoms with Crippen molar-refractivity contribution in [3.63, 3.8) is 0 Å². The van der Waals surface area contributed by atoms with Crippen LogP contribution in [0.5, 0.6) is 0 Å². The number of piperazine rings is 1. The topological polar surface area (TPSA) is 75.4 Å². The molecule has 2 aromatic rings. The molecule has 0 bridgehead atoms. The van der Waals surface area contributed by atoms with E-state index in [9.17, 15) is 4.79 Å². The monoisotopic (exact) mass is 327 g/mol. The molecule has 7 nitrogen and oxygen atoms in total. The Balaban J connectivity index is 1.45. The van der Waals surface area contributed by atoms with Gasteiger partial charge in [-0.3, -0.25) is 4.79 Å². The van der Waals surface area contributed by atoms with Crippen LogP contribution in [0.15, 0.2) is 23.0 Å². The Bertz CT molecular complexity index is 722. The first kappa shape index (κ1) is 15.1. The van der Waals surface area contributed by atoms with E-state index in [1.807, 2.05) is 4.90 Å². The summed E-state index contributed by atoms with van der Waals surface area (Å²) in [6, 6.07) is 1.80. The molecule has 3 heterocycles. The highest BCUT2D eigenvalue weighted by molar-refractivity contribution is 5.94. The first-order chi connectivity index (χ1) is 11.7. The van der Waals surface area contributed by atoms with E-state index in [0.717, 1.165) is 49.6 Å².